The molecule has 0 aliphatic rings. The van der Waals surface area contributed by atoms with E-state index < -0.39 is 6.04 Å². The van der Waals surface area contributed by atoms with Crippen molar-refractivity contribution in [2.75, 3.05) is 0 Å². The molecule has 0 spiro atoms. The van der Waals surface area contributed by atoms with Gasteiger partial charge in [-0.25, -0.2) is 0 Å². The second-order valence-electron chi connectivity index (χ2n) is 3.55. The van der Waals surface area contributed by atoms with Crippen molar-refractivity contribution in [3.63, 3.8) is 0 Å². The minimum absolute atomic E-state index is 0.307. The maximum atomic E-state index is 11.8. The molecule has 0 saturated carbocycles. The highest BCUT2D eigenvalue weighted by atomic mass is 35.5. The standard InChI is InChI=1S/C12H13ClN2O/c1-3-9(7-14)15-12(16)10-5-4-8(2)6-11(10)13/h4-6,9H,3H2,1-2H3,(H,15,16). The maximum Gasteiger partial charge on any atom is 0.253 e. The Balaban J connectivity index is 2.85. The number of nitrogens with one attached hydrogen (secondary N) is 1. The minimum Gasteiger partial charge on any atom is -0.336 e. The summed E-state index contributed by atoms with van der Waals surface area (Å²) >= 11 is 5.95. The lowest BCUT2D eigenvalue weighted by Gasteiger charge is -2.10. The van der Waals surface area contributed by atoms with Crippen LogP contribution in [0.5, 0.6) is 0 Å². The predicted molar refractivity (Wildman–Crippen MR) is 63.3 cm³/mol. The van der Waals surface area contributed by atoms with Crippen molar-refractivity contribution in [3.8, 4) is 6.07 Å². The molecule has 0 radical (unpaired) electrons. The van der Waals surface area contributed by atoms with Crippen LogP contribution in [0.1, 0.15) is 29.3 Å². The normalized spacial score (nSPS) is 11.6. The summed E-state index contributed by atoms with van der Waals surface area (Å²) in [5, 5.41) is 11.8. The van der Waals surface area contributed by atoms with Crippen LogP contribution < -0.4 is 5.32 Å². The Labute approximate surface area is 100 Å². The fourth-order valence-electron chi connectivity index (χ4n) is 1.27. The van der Waals surface area contributed by atoms with Crippen LogP contribution in [0, 0.1) is 18.3 Å². The van der Waals surface area contributed by atoms with Gasteiger partial charge in [-0.2, -0.15) is 5.26 Å². The molecular weight excluding hydrogens is 224 g/mol. The smallest absolute Gasteiger partial charge is 0.253 e. The molecule has 0 aromatic heterocycles. The summed E-state index contributed by atoms with van der Waals surface area (Å²) in [6, 6.07) is 6.74. The lowest BCUT2D eigenvalue weighted by Crippen LogP contribution is -2.33. The van der Waals surface area contributed by atoms with Gasteiger partial charge in [0.1, 0.15) is 6.04 Å². The summed E-state index contributed by atoms with van der Waals surface area (Å²) in [6.07, 6.45) is 0.575. The van der Waals surface area contributed by atoms with Crippen LogP contribution in [0.25, 0.3) is 0 Å². The molecule has 0 heterocycles. The van der Waals surface area contributed by atoms with Gasteiger partial charge in [-0.15, -0.1) is 0 Å². The van der Waals surface area contributed by atoms with Gasteiger partial charge in [-0.1, -0.05) is 24.6 Å². The third-order valence-corrected chi connectivity index (χ3v) is 2.55. The Kier molecular flexibility index (Phi) is 4.33. The Bertz CT molecular complexity index is 437. The Morgan fingerprint density at radius 1 is 1.62 bits per heavy atom. The number of hydrogen-bond acceptors (Lipinski definition) is 2. The molecule has 1 N–H and O–H groups in total. The summed E-state index contributed by atoms with van der Waals surface area (Å²) in [7, 11) is 0. The van der Waals surface area contributed by atoms with Gasteiger partial charge < -0.3 is 5.32 Å². The number of halogens is 1. The van der Waals surface area contributed by atoms with E-state index in [1.807, 2.05) is 26.0 Å². The third kappa shape index (κ3) is 2.98. The molecule has 84 valence electrons. The largest absolute Gasteiger partial charge is 0.336 e. The van der Waals surface area contributed by atoms with Crippen molar-refractivity contribution in [1.82, 2.24) is 5.32 Å². The first-order chi connectivity index (χ1) is 7.58. The van der Waals surface area contributed by atoms with Crippen LogP contribution in [0.2, 0.25) is 5.02 Å². The van der Waals surface area contributed by atoms with Gasteiger partial charge in [-0.05, 0) is 31.0 Å². The molecule has 0 bridgehead atoms. The molecule has 1 atom stereocenters. The van der Waals surface area contributed by atoms with E-state index in [1.54, 1.807) is 12.1 Å². The fraction of sp³-hybridized carbons (Fsp3) is 0.333. The van der Waals surface area contributed by atoms with Crippen LogP contribution in [0.4, 0.5) is 0 Å². The van der Waals surface area contributed by atoms with Gasteiger partial charge in [-0.3, -0.25) is 4.79 Å². The summed E-state index contributed by atoms with van der Waals surface area (Å²) in [5.74, 6) is -0.307. The van der Waals surface area contributed by atoms with E-state index in [4.69, 9.17) is 16.9 Å². The Morgan fingerprint density at radius 3 is 2.81 bits per heavy atom. The van der Waals surface area contributed by atoms with Crippen LogP contribution in [-0.4, -0.2) is 11.9 Å². The first-order valence-electron chi connectivity index (χ1n) is 5.05. The zero-order chi connectivity index (χ0) is 12.1. The van der Waals surface area contributed by atoms with Gasteiger partial charge in [0.2, 0.25) is 0 Å². The first kappa shape index (κ1) is 12.5. The molecular formula is C12H13ClN2O. The topological polar surface area (TPSA) is 52.9 Å². The molecule has 1 rings (SSSR count). The fourth-order valence-corrected chi connectivity index (χ4v) is 1.59. The molecule has 4 heteroatoms. The van der Waals surface area contributed by atoms with Gasteiger partial charge in [0.15, 0.2) is 0 Å². The number of carbonyl (C=O) groups excluding carboxylic acids is 1. The van der Waals surface area contributed by atoms with E-state index in [9.17, 15) is 4.79 Å². The Morgan fingerprint density at radius 2 is 2.31 bits per heavy atom. The molecule has 1 amide bonds. The molecule has 0 saturated heterocycles. The average Bonchev–Trinajstić information content (AvgIpc) is 2.25. The van der Waals surface area contributed by atoms with Gasteiger partial charge >= 0.3 is 0 Å². The third-order valence-electron chi connectivity index (χ3n) is 2.24. The van der Waals surface area contributed by atoms with Crippen molar-refractivity contribution in [1.29, 1.82) is 5.26 Å². The number of nitriles is 1. The van der Waals surface area contributed by atoms with E-state index >= 15 is 0 Å². The van der Waals surface area contributed by atoms with Crippen molar-refractivity contribution >= 4 is 17.5 Å². The second kappa shape index (κ2) is 5.53. The van der Waals surface area contributed by atoms with Crippen LogP contribution >= 0.6 is 11.6 Å². The zero-order valence-corrected chi connectivity index (χ0v) is 10.0. The number of amides is 1. The number of nitrogens with zero attached hydrogens (tertiary/aromatic N) is 1. The molecule has 3 nitrogen and oxygen atoms in total. The lowest BCUT2D eigenvalue weighted by molar-refractivity contribution is 0.0945. The average molecular weight is 237 g/mol. The first-order valence-corrected chi connectivity index (χ1v) is 5.43. The molecule has 0 fully saturated rings. The SMILES string of the molecule is CCC(C#N)NC(=O)c1ccc(C)cc1Cl. The van der Waals surface area contributed by atoms with Crippen molar-refractivity contribution in [3.05, 3.63) is 34.3 Å². The van der Waals surface area contributed by atoms with Gasteiger partial charge in [0.05, 0.1) is 16.7 Å². The lowest BCUT2D eigenvalue weighted by atomic mass is 10.1. The van der Waals surface area contributed by atoms with Crippen molar-refractivity contribution in [2.45, 2.75) is 26.3 Å². The van der Waals surface area contributed by atoms with E-state index in [-0.39, 0.29) is 5.91 Å². The highest BCUT2D eigenvalue weighted by Crippen LogP contribution is 2.17. The van der Waals surface area contributed by atoms with Crippen LogP contribution in [0.3, 0.4) is 0 Å². The highest BCUT2D eigenvalue weighted by molar-refractivity contribution is 6.33. The minimum atomic E-state index is -0.468. The van der Waals surface area contributed by atoms with Crippen LogP contribution in [0.15, 0.2) is 18.2 Å². The van der Waals surface area contributed by atoms with E-state index in [1.165, 1.54) is 0 Å². The van der Waals surface area contributed by atoms with E-state index in [0.717, 1.165) is 5.56 Å². The molecule has 1 aromatic carbocycles. The number of carbonyl (C=O) groups is 1. The maximum absolute atomic E-state index is 11.8. The number of rotatable bonds is 3. The molecule has 1 unspecified atom stereocenters. The van der Waals surface area contributed by atoms with E-state index in [2.05, 4.69) is 5.32 Å². The monoisotopic (exact) mass is 236 g/mol. The van der Waals surface area contributed by atoms with E-state index in [0.29, 0.717) is 17.0 Å². The van der Waals surface area contributed by atoms with Gasteiger partial charge in [0.25, 0.3) is 5.91 Å². The molecule has 16 heavy (non-hydrogen) atoms. The zero-order valence-electron chi connectivity index (χ0n) is 9.25. The molecule has 1 aromatic rings. The number of benzene rings is 1. The summed E-state index contributed by atoms with van der Waals surface area (Å²) in [6.45, 7) is 3.74. The summed E-state index contributed by atoms with van der Waals surface area (Å²) in [5.41, 5.74) is 1.40. The number of aryl methyl sites for hydroxylation is 1. The predicted octanol–water partition coefficient (Wildman–Crippen LogP) is 2.68. The second-order valence-corrected chi connectivity index (χ2v) is 3.95. The summed E-state index contributed by atoms with van der Waals surface area (Å²) in [4.78, 5) is 11.8. The quantitative estimate of drug-likeness (QED) is 0.877. The summed E-state index contributed by atoms with van der Waals surface area (Å²) < 4.78 is 0. The molecule has 0 aliphatic heterocycles. The van der Waals surface area contributed by atoms with Crippen molar-refractivity contribution < 1.29 is 4.79 Å². The van der Waals surface area contributed by atoms with Crippen LogP contribution in [-0.2, 0) is 0 Å². The number of hydrogen-bond donors (Lipinski definition) is 1. The van der Waals surface area contributed by atoms with Gasteiger partial charge in [0, 0.05) is 0 Å². The molecule has 0 aliphatic carbocycles. The van der Waals surface area contributed by atoms with Crippen molar-refractivity contribution in [2.24, 2.45) is 0 Å². The Hall–Kier alpha value is -1.53. The highest BCUT2D eigenvalue weighted by Gasteiger charge is 2.13.